The lowest BCUT2D eigenvalue weighted by Crippen LogP contribution is -2.43. The van der Waals surface area contributed by atoms with Gasteiger partial charge in [-0.3, -0.25) is 0 Å². The van der Waals surface area contributed by atoms with E-state index in [2.05, 4.69) is 80.1 Å². The Labute approximate surface area is 120 Å². The van der Waals surface area contributed by atoms with E-state index in [0.717, 1.165) is 17.4 Å². The Bertz CT molecular complexity index is 364. The number of hydrogen-bond acceptors (Lipinski definition) is 1. The molecular weight excluding hydrogens is 286 g/mol. The minimum Gasteiger partial charge on any atom is -0.312 e. The average Bonchev–Trinajstić information content (AvgIpc) is 2.29. The lowest BCUT2D eigenvalue weighted by Gasteiger charge is -2.33. The third-order valence-corrected chi connectivity index (χ3v) is 3.97. The van der Waals surface area contributed by atoms with Crippen molar-refractivity contribution in [1.82, 2.24) is 5.32 Å². The Morgan fingerprint density at radius 2 is 1.61 bits per heavy atom. The molecule has 1 aromatic rings. The summed E-state index contributed by atoms with van der Waals surface area (Å²) in [6.45, 7) is 12.4. The van der Waals surface area contributed by atoms with E-state index in [1.54, 1.807) is 0 Å². The molecule has 0 aromatic heterocycles. The van der Waals surface area contributed by atoms with E-state index in [1.165, 1.54) is 12.0 Å². The van der Waals surface area contributed by atoms with Crippen LogP contribution < -0.4 is 5.32 Å². The van der Waals surface area contributed by atoms with Gasteiger partial charge in [0.05, 0.1) is 0 Å². The molecule has 0 amide bonds. The molecule has 0 fully saturated rings. The van der Waals surface area contributed by atoms with Crippen LogP contribution in [0.1, 0.15) is 46.6 Å². The first kappa shape index (κ1) is 15.7. The molecule has 1 aromatic carbocycles. The number of hydrogen-bond donors (Lipinski definition) is 1. The predicted octanol–water partition coefficient (Wildman–Crippen LogP) is 4.80. The van der Waals surface area contributed by atoms with Crippen molar-refractivity contribution in [2.24, 2.45) is 5.41 Å². The first-order valence-corrected chi connectivity index (χ1v) is 7.53. The maximum absolute atomic E-state index is 3.64. The molecule has 1 atom stereocenters. The molecule has 1 N–H and O–H groups in total. The molecule has 0 aliphatic rings. The number of halogens is 1. The fourth-order valence-corrected chi connectivity index (χ4v) is 2.15. The van der Waals surface area contributed by atoms with Gasteiger partial charge in [0.25, 0.3) is 0 Å². The van der Waals surface area contributed by atoms with Crippen molar-refractivity contribution in [3.63, 3.8) is 0 Å². The molecule has 18 heavy (non-hydrogen) atoms. The highest BCUT2D eigenvalue weighted by Gasteiger charge is 2.24. The van der Waals surface area contributed by atoms with Gasteiger partial charge in [0.2, 0.25) is 0 Å². The van der Waals surface area contributed by atoms with Crippen molar-refractivity contribution in [3.8, 4) is 0 Å². The first-order chi connectivity index (χ1) is 8.24. The maximum Gasteiger partial charge on any atom is 0.0175 e. The predicted molar refractivity (Wildman–Crippen MR) is 84.0 cm³/mol. The SMILES string of the molecule is CCC(C)(CNC(C)(C)C)Cc1ccc(Br)cc1. The molecule has 1 nitrogen and oxygen atoms in total. The second kappa shape index (κ2) is 6.21. The van der Waals surface area contributed by atoms with Gasteiger partial charge >= 0.3 is 0 Å². The van der Waals surface area contributed by atoms with Gasteiger partial charge in [0, 0.05) is 16.6 Å². The van der Waals surface area contributed by atoms with Gasteiger partial charge in [0.1, 0.15) is 0 Å². The zero-order valence-electron chi connectivity index (χ0n) is 12.3. The van der Waals surface area contributed by atoms with Gasteiger partial charge in [-0.15, -0.1) is 0 Å². The molecule has 0 aliphatic heterocycles. The van der Waals surface area contributed by atoms with E-state index >= 15 is 0 Å². The highest BCUT2D eigenvalue weighted by molar-refractivity contribution is 9.10. The standard InChI is InChI=1S/C16H26BrN/c1-6-16(5,12-18-15(2,3)4)11-13-7-9-14(17)10-8-13/h7-10,18H,6,11-12H2,1-5H3. The molecule has 1 rings (SSSR count). The summed E-state index contributed by atoms with van der Waals surface area (Å²) in [6, 6.07) is 8.69. The van der Waals surface area contributed by atoms with Crippen molar-refractivity contribution in [2.45, 2.75) is 53.0 Å². The van der Waals surface area contributed by atoms with Crippen LogP contribution in [-0.2, 0) is 6.42 Å². The van der Waals surface area contributed by atoms with E-state index < -0.39 is 0 Å². The highest BCUT2D eigenvalue weighted by atomic mass is 79.9. The lowest BCUT2D eigenvalue weighted by atomic mass is 9.80. The molecule has 0 saturated heterocycles. The Morgan fingerprint density at radius 3 is 2.06 bits per heavy atom. The summed E-state index contributed by atoms with van der Waals surface area (Å²) in [5, 5.41) is 3.64. The third kappa shape index (κ3) is 5.53. The number of rotatable bonds is 5. The fourth-order valence-electron chi connectivity index (χ4n) is 1.89. The lowest BCUT2D eigenvalue weighted by molar-refractivity contribution is 0.255. The molecule has 0 heterocycles. The van der Waals surface area contributed by atoms with E-state index in [4.69, 9.17) is 0 Å². The molecule has 0 radical (unpaired) electrons. The smallest absolute Gasteiger partial charge is 0.0175 e. The van der Waals surface area contributed by atoms with E-state index in [1.807, 2.05) is 0 Å². The molecule has 0 spiro atoms. The molecule has 2 heteroatoms. The number of benzene rings is 1. The van der Waals surface area contributed by atoms with Crippen LogP contribution >= 0.6 is 15.9 Å². The fraction of sp³-hybridized carbons (Fsp3) is 0.625. The van der Waals surface area contributed by atoms with Gasteiger partial charge in [-0.05, 0) is 56.7 Å². The van der Waals surface area contributed by atoms with Crippen molar-refractivity contribution in [3.05, 3.63) is 34.3 Å². The zero-order valence-corrected chi connectivity index (χ0v) is 13.9. The second-order valence-electron chi connectivity index (χ2n) is 6.57. The minimum atomic E-state index is 0.191. The molecular formula is C16H26BrN. The summed E-state index contributed by atoms with van der Waals surface area (Å²) in [4.78, 5) is 0. The minimum absolute atomic E-state index is 0.191. The van der Waals surface area contributed by atoms with Crippen molar-refractivity contribution in [1.29, 1.82) is 0 Å². The highest BCUT2D eigenvalue weighted by Crippen LogP contribution is 2.27. The van der Waals surface area contributed by atoms with Crippen LogP contribution in [0.25, 0.3) is 0 Å². The van der Waals surface area contributed by atoms with Gasteiger partial charge in [-0.1, -0.05) is 41.9 Å². The van der Waals surface area contributed by atoms with Crippen molar-refractivity contribution >= 4 is 15.9 Å². The van der Waals surface area contributed by atoms with Crippen LogP contribution in [0.3, 0.4) is 0 Å². The summed E-state index contributed by atoms with van der Waals surface area (Å²) in [7, 11) is 0. The summed E-state index contributed by atoms with van der Waals surface area (Å²) in [6.07, 6.45) is 2.31. The Hall–Kier alpha value is -0.340. The monoisotopic (exact) mass is 311 g/mol. The summed E-state index contributed by atoms with van der Waals surface area (Å²) >= 11 is 3.49. The molecule has 0 aliphatic carbocycles. The molecule has 102 valence electrons. The first-order valence-electron chi connectivity index (χ1n) is 6.74. The molecule has 1 unspecified atom stereocenters. The number of nitrogens with one attached hydrogen (secondary N) is 1. The summed E-state index contributed by atoms with van der Waals surface area (Å²) < 4.78 is 1.15. The average molecular weight is 312 g/mol. The topological polar surface area (TPSA) is 12.0 Å². The normalized spacial score (nSPS) is 15.4. The van der Waals surface area contributed by atoms with Gasteiger partial charge in [-0.2, -0.15) is 0 Å². The molecule has 0 bridgehead atoms. The van der Waals surface area contributed by atoms with Crippen LogP contribution in [0.15, 0.2) is 28.7 Å². The van der Waals surface area contributed by atoms with E-state index in [9.17, 15) is 0 Å². The quantitative estimate of drug-likeness (QED) is 0.824. The van der Waals surface area contributed by atoms with E-state index in [-0.39, 0.29) is 5.54 Å². The van der Waals surface area contributed by atoms with Crippen LogP contribution in [0, 0.1) is 5.41 Å². The van der Waals surface area contributed by atoms with Crippen LogP contribution in [0.4, 0.5) is 0 Å². The Kier molecular flexibility index (Phi) is 5.42. The summed E-state index contributed by atoms with van der Waals surface area (Å²) in [5.74, 6) is 0. The van der Waals surface area contributed by atoms with Crippen LogP contribution in [0.5, 0.6) is 0 Å². The zero-order chi connectivity index (χ0) is 13.8. The summed E-state index contributed by atoms with van der Waals surface area (Å²) in [5.41, 5.74) is 1.93. The van der Waals surface area contributed by atoms with Crippen molar-refractivity contribution < 1.29 is 0 Å². The van der Waals surface area contributed by atoms with Crippen LogP contribution in [0.2, 0.25) is 0 Å². The molecule has 0 saturated carbocycles. The van der Waals surface area contributed by atoms with Gasteiger partial charge < -0.3 is 5.32 Å². The van der Waals surface area contributed by atoms with Gasteiger partial charge in [-0.25, -0.2) is 0 Å². The van der Waals surface area contributed by atoms with E-state index in [0.29, 0.717) is 5.41 Å². The largest absolute Gasteiger partial charge is 0.312 e. The van der Waals surface area contributed by atoms with Crippen LogP contribution in [-0.4, -0.2) is 12.1 Å². The van der Waals surface area contributed by atoms with Gasteiger partial charge in [0.15, 0.2) is 0 Å². The maximum atomic E-state index is 3.64. The van der Waals surface area contributed by atoms with Crippen molar-refractivity contribution in [2.75, 3.05) is 6.54 Å². The Balaban J connectivity index is 2.67. The third-order valence-electron chi connectivity index (χ3n) is 3.44. The second-order valence-corrected chi connectivity index (χ2v) is 7.49. The Morgan fingerprint density at radius 1 is 1.06 bits per heavy atom.